The van der Waals surface area contributed by atoms with E-state index in [4.69, 9.17) is 4.74 Å². The van der Waals surface area contributed by atoms with Gasteiger partial charge < -0.3 is 4.74 Å². The number of ether oxygens (including phenoxy) is 1. The molecule has 0 N–H and O–H groups in total. The third-order valence-electron chi connectivity index (χ3n) is 4.96. The molecule has 0 spiro atoms. The number of alkyl halides is 3. The Kier molecular flexibility index (Phi) is 5.65. The first-order chi connectivity index (χ1) is 14.1. The number of hydrogen-bond donors (Lipinski definition) is 0. The molecule has 1 aromatic heterocycles. The van der Waals surface area contributed by atoms with Gasteiger partial charge in [0.25, 0.3) is 5.91 Å². The van der Waals surface area contributed by atoms with Crippen molar-refractivity contribution in [1.29, 1.82) is 0 Å². The molecule has 9 heteroatoms. The minimum atomic E-state index is -4.60. The van der Waals surface area contributed by atoms with Gasteiger partial charge in [-0.15, -0.1) is 0 Å². The molecule has 30 heavy (non-hydrogen) atoms. The summed E-state index contributed by atoms with van der Waals surface area (Å²) >= 11 is 0. The second kappa shape index (κ2) is 7.89. The number of anilines is 1. The van der Waals surface area contributed by atoms with Gasteiger partial charge >= 0.3 is 6.18 Å². The molecule has 2 aromatic rings. The van der Waals surface area contributed by atoms with E-state index in [1.54, 1.807) is 38.1 Å². The summed E-state index contributed by atoms with van der Waals surface area (Å²) in [6, 6.07) is 7.25. The average molecular weight is 420 g/mol. The minimum Gasteiger partial charge on any atom is -0.496 e. The summed E-state index contributed by atoms with van der Waals surface area (Å²) < 4.78 is 44.0. The van der Waals surface area contributed by atoms with Crippen LogP contribution >= 0.6 is 0 Å². The Labute approximate surface area is 170 Å². The number of para-hydroxylation sites is 1. The van der Waals surface area contributed by atoms with E-state index < -0.39 is 47.1 Å². The molecule has 0 radical (unpaired) electrons. The molecule has 3 rings (SSSR count). The van der Waals surface area contributed by atoms with E-state index in [-0.39, 0.29) is 5.82 Å². The van der Waals surface area contributed by atoms with E-state index >= 15 is 0 Å². The summed E-state index contributed by atoms with van der Waals surface area (Å²) in [6.07, 6.45) is -4.02. The summed E-state index contributed by atoms with van der Waals surface area (Å²) in [5.74, 6) is -4.05. The number of pyridine rings is 1. The fourth-order valence-electron chi connectivity index (χ4n) is 3.49. The van der Waals surface area contributed by atoms with Crippen molar-refractivity contribution in [3.63, 3.8) is 0 Å². The monoisotopic (exact) mass is 420 g/mol. The van der Waals surface area contributed by atoms with Crippen molar-refractivity contribution in [1.82, 2.24) is 4.98 Å². The second-order valence-electron chi connectivity index (χ2n) is 7.16. The largest absolute Gasteiger partial charge is 0.496 e. The van der Waals surface area contributed by atoms with Crippen LogP contribution in [-0.4, -0.2) is 29.6 Å². The average Bonchev–Trinajstić information content (AvgIpc) is 2.97. The molecule has 0 saturated carbocycles. The first-order valence-corrected chi connectivity index (χ1v) is 9.15. The van der Waals surface area contributed by atoms with E-state index in [0.717, 1.165) is 17.0 Å². The summed E-state index contributed by atoms with van der Waals surface area (Å²) in [5.41, 5.74) is -0.604. The second-order valence-corrected chi connectivity index (χ2v) is 7.16. The van der Waals surface area contributed by atoms with Crippen LogP contribution in [-0.2, 0) is 20.6 Å². The van der Waals surface area contributed by atoms with Crippen LogP contribution in [0.2, 0.25) is 0 Å². The quantitative estimate of drug-likeness (QED) is 0.546. The van der Waals surface area contributed by atoms with Crippen LogP contribution in [0.15, 0.2) is 42.6 Å². The van der Waals surface area contributed by atoms with Crippen molar-refractivity contribution in [2.45, 2.75) is 26.1 Å². The fraction of sp³-hybridized carbons (Fsp3) is 0.333. The van der Waals surface area contributed by atoms with Gasteiger partial charge in [0.2, 0.25) is 5.78 Å². The normalized spacial score (nSPS) is 19.5. The van der Waals surface area contributed by atoms with Crippen LogP contribution in [0.25, 0.3) is 0 Å². The highest BCUT2D eigenvalue weighted by Crippen LogP contribution is 2.43. The lowest BCUT2D eigenvalue weighted by atomic mass is 9.84. The number of hydrogen-bond acceptors (Lipinski definition) is 5. The Bertz CT molecular complexity index is 986. The zero-order valence-electron chi connectivity index (χ0n) is 16.4. The fourth-order valence-corrected chi connectivity index (χ4v) is 3.49. The topological polar surface area (TPSA) is 76.6 Å². The third-order valence-corrected chi connectivity index (χ3v) is 4.96. The number of methoxy groups -OCH3 is 1. The lowest BCUT2D eigenvalue weighted by Gasteiger charge is -2.28. The van der Waals surface area contributed by atoms with E-state index in [1.165, 1.54) is 7.11 Å². The Morgan fingerprint density at radius 2 is 1.80 bits per heavy atom. The number of aromatic nitrogens is 1. The van der Waals surface area contributed by atoms with Crippen LogP contribution in [0.1, 0.15) is 31.0 Å². The van der Waals surface area contributed by atoms with Gasteiger partial charge in [-0.05, 0) is 18.2 Å². The predicted molar refractivity (Wildman–Crippen MR) is 101 cm³/mol. The molecule has 1 aliphatic heterocycles. The Morgan fingerprint density at radius 3 is 2.33 bits per heavy atom. The smallest absolute Gasteiger partial charge is 0.417 e. The third kappa shape index (κ3) is 3.67. The molecule has 2 unspecified atom stereocenters. The van der Waals surface area contributed by atoms with Crippen molar-refractivity contribution in [2.24, 2.45) is 11.8 Å². The molecule has 1 aromatic carbocycles. The van der Waals surface area contributed by atoms with E-state index in [0.29, 0.717) is 17.5 Å². The van der Waals surface area contributed by atoms with Gasteiger partial charge in [-0.25, -0.2) is 4.98 Å². The highest BCUT2D eigenvalue weighted by Gasteiger charge is 2.53. The zero-order valence-corrected chi connectivity index (χ0v) is 16.4. The molecule has 2 atom stereocenters. The van der Waals surface area contributed by atoms with E-state index in [1.807, 2.05) is 0 Å². The van der Waals surface area contributed by atoms with Gasteiger partial charge in [0.15, 0.2) is 0 Å². The molecule has 2 heterocycles. The van der Waals surface area contributed by atoms with Crippen molar-refractivity contribution in [3.05, 3.63) is 53.7 Å². The number of amides is 1. The first-order valence-electron chi connectivity index (χ1n) is 9.15. The molecule has 6 nitrogen and oxygen atoms in total. The summed E-state index contributed by atoms with van der Waals surface area (Å²) in [5, 5.41) is 0. The maximum absolute atomic E-state index is 12.9. The molecule has 0 bridgehead atoms. The van der Waals surface area contributed by atoms with E-state index in [9.17, 15) is 27.6 Å². The highest BCUT2D eigenvalue weighted by molar-refractivity contribution is 6.48. The number of rotatable bonds is 5. The highest BCUT2D eigenvalue weighted by atomic mass is 19.4. The molecule has 0 aliphatic carbocycles. The van der Waals surface area contributed by atoms with Crippen molar-refractivity contribution in [3.8, 4) is 5.75 Å². The minimum absolute atomic E-state index is 0.156. The number of nitrogens with zero attached hydrogens (tertiary/aromatic N) is 2. The zero-order chi connectivity index (χ0) is 22.2. The van der Waals surface area contributed by atoms with Crippen LogP contribution in [0, 0.1) is 11.8 Å². The Balaban J connectivity index is 2.17. The molecule has 1 saturated heterocycles. The van der Waals surface area contributed by atoms with Gasteiger partial charge in [0.1, 0.15) is 23.3 Å². The lowest BCUT2D eigenvalue weighted by molar-refractivity contribution is -0.140. The first kappa shape index (κ1) is 21.5. The molecule has 1 fully saturated rings. The number of Topliss-reactive ketones (excluding diaryl/α,β-unsaturated/α-hetero) is 2. The van der Waals surface area contributed by atoms with Crippen LogP contribution in [0.3, 0.4) is 0 Å². The maximum Gasteiger partial charge on any atom is 0.417 e. The van der Waals surface area contributed by atoms with Crippen molar-refractivity contribution < 1.29 is 32.3 Å². The number of benzene rings is 1. The lowest BCUT2D eigenvalue weighted by Crippen LogP contribution is -2.32. The molecule has 158 valence electrons. The summed E-state index contributed by atoms with van der Waals surface area (Å²) in [6.45, 7) is 3.22. The standard InChI is InChI=1S/C21H19F3N2O4/c1-11(2)18(27)16-17(13-6-4-5-7-14(13)30-3)26(20(29)19(16)28)15-9-8-12(10-25-15)21(22,23)24/h4-11,16-17H,1-3H3. The van der Waals surface area contributed by atoms with E-state index in [2.05, 4.69) is 4.98 Å². The van der Waals surface area contributed by atoms with Crippen LogP contribution < -0.4 is 9.64 Å². The SMILES string of the molecule is COc1ccccc1C1C(C(=O)C(C)C)C(=O)C(=O)N1c1ccc(C(F)(F)F)cn1. The van der Waals surface area contributed by atoms with Gasteiger partial charge in [-0.2, -0.15) is 13.2 Å². The van der Waals surface area contributed by atoms with Crippen LogP contribution in [0.5, 0.6) is 5.75 Å². The summed E-state index contributed by atoms with van der Waals surface area (Å²) in [4.78, 5) is 43.2. The summed E-state index contributed by atoms with van der Waals surface area (Å²) in [7, 11) is 1.40. The Morgan fingerprint density at radius 1 is 1.13 bits per heavy atom. The van der Waals surface area contributed by atoms with Gasteiger partial charge in [-0.1, -0.05) is 32.0 Å². The number of halogens is 3. The maximum atomic E-state index is 12.9. The number of carbonyl (C=O) groups is 3. The molecule has 1 aliphatic rings. The number of ketones is 2. The molecular weight excluding hydrogens is 401 g/mol. The van der Waals surface area contributed by atoms with Crippen LogP contribution in [0.4, 0.5) is 19.0 Å². The van der Waals surface area contributed by atoms with Gasteiger partial charge in [0.05, 0.1) is 18.7 Å². The van der Waals surface area contributed by atoms with Gasteiger partial charge in [0, 0.05) is 17.7 Å². The number of carbonyl (C=O) groups excluding carboxylic acids is 3. The predicted octanol–water partition coefficient (Wildman–Crippen LogP) is 3.61. The molecular formula is C21H19F3N2O4. The van der Waals surface area contributed by atoms with Crippen molar-refractivity contribution in [2.75, 3.05) is 12.0 Å². The molecule has 1 amide bonds. The van der Waals surface area contributed by atoms with Gasteiger partial charge in [-0.3, -0.25) is 19.3 Å². The Hall–Kier alpha value is -3.23. The van der Waals surface area contributed by atoms with Crippen molar-refractivity contribution >= 4 is 23.3 Å².